The number of nitrogens with zero attached hydrogens (tertiary/aromatic N) is 2. The van der Waals surface area contributed by atoms with Gasteiger partial charge in [0.05, 0.1) is 6.20 Å². The molecule has 2 amide bonds. The Labute approximate surface area is 157 Å². The molecule has 1 aliphatic rings. The topological polar surface area (TPSA) is 78.1 Å². The normalized spacial score (nSPS) is 20.4. The summed E-state index contributed by atoms with van der Waals surface area (Å²) in [5.74, 6) is 1.63. The molecule has 1 fully saturated rings. The number of amides is 2. The van der Waals surface area contributed by atoms with E-state index in [1.54, 1.807) is 6.20 Å². The van der Waals surface area contributed by atoms with E-state index in [2.05, 4.69) is 50.1 Å². The SMILES string of the molecule is CC(C)C(CC(=O)NC1CC(C)N(C(=O)CCc2cn[nH]c2)C1)C(C)C. The summed E-state index contributed by atoms with van der Waals surface area (Å²) >= 11 is 0. The number of aromatic nitrogens is 2. The molecule has 0 saturated carbocycles. The smallest absolute Gasteiger partial charge is 0.223 e. The lowest BCUT2D eigenvalue weighted by Gasteiger charge is -2.25. The summed E-state index contributed by atoms with van der Waals surface area (Å²) < 4.78 is 0. The van der Waals surface area contributed by atoms with Gasteiger partial charge < -0.3 is 10.2 Å². The third-order valence-electron chi connectivity index (χ3n) is 5.58. The highest BCUT2D eigenvalue weighted by Gasteiger charge is 2.33. The van der Waals surface area contributed by atoms with Gasteiger partial charge in [0, 0.05) is 37.7 Å². The van der Waals surface area contributed by atoms with E-state index in [1.807, 2.05) is 11.1 Å². The molecular weight excluding hydrogens is 328 g/mol. The minimum absolute atomic E-state index is 0.0651. The van der Waals surface area contributed by atoms with Crippen LogP contribution in [0.3, 0.4) is 0 Å². The van der Waals surface area contributed by atoms with Crippen LogP contribution in [-0.2, 0) is 16.0 Å². The van der Waals surface area contributed by atoms with Gasteiger partial charge in [-0.2, -0.15) is 5.10 Å². The Bertz CT molecular complexity index is 575. The van der Waals surface area contributed by atoms with E-state index in [4.69, 9.17) is 0 Å². The van der Waals surface area contributed by atoms with Gasteiger partial charge >= 0.3 is 0 Å². The van der Waals surface area contributed by atoms with Gasteiger partial charge in [-0.25, -0.2) is 0 Å². The third-order valence-corrected chi connectivity index (χ3v) is 5.58. The molecule has 6 heteroatoms. The van der Waals surface area contributed by atoms with Crippen molar-refractivity contribution in [3.8, 4) is 0 Å². The van der Waals surface area contributed by atoms with E-state index in [1.165, 1.54) is 0 Å². The highest BCUT2D eigenvalue weighted by molar-refractivity contribution is 5.78. The van der Waals surface area contributed by atoms with Crippen molar-refractivity contribution in [3.05, 3.63) is 18.0 Å². The average Bonchev–Trinajstić information content (AvgIpc) is 3.19. The Hall–Kier alpha value is -1.85. The summed E-state index contributed by atoms with van der Waals surface area (Å²) in [5, 5.41) is 9.83. The van der Waals surface area contributed by atoms with Crippen LogP contribution >= 0.6 is 0 Å². The van der Waals surface area contributed by atoms with Gasteiger partial charge in [0.1, 0.15) is 0 Å². The molecule has 2 N–H and O–H groups in total. The molecule has 2 unspecified atom stereocenters. The number of nitrogens with one attached hydrogen (secondary N) is 2. The second-order valence-corrected chi connectivity index (χ2v) is 8.36. The highest BCUT2D eigenvalue weighted by atomic mass is 16.2. The number of aromatic amines is 1. The summed E-state index contributed by atoms with van der Waals surface area (Å²) in [5.41, 5.74) is 1.04. The van der Waals surface area contributed by atoms with E-state index in [0.29, 0.717) is 43.6 Å². The van der Waals surface area contributed by atoms with Crippen LogP contribution in [0.4, 0.5) is 0 Å². The van der Waals surface area contributed by atoms with Crippen molar-refractivity contribution in [1.82, 2.24) is 20.4 Å². The fourth-order valence-electron chi connectivity index (χ4n) is 4.03. The van der Waals surface area contributed by atoms with Gasteiger partial charge in [-0.3, -0.25) is 14.7 Å². The molecule has 0 aromatic carbocycles. The van der Waals surface area contributed by atoms with E-state index in [-0.39, 0.29) is 23.9 Å². The highest BCUT2D eigenvalue weighted by Crippen LogP contribution is 2.25. The number of H-pyrrole nitrogens is 1. The fraction of sp³-hybridized carbons (Fsp3) is 0.750. The van der Waals surface area contributed by atoms with Crippen molar-refractivity contribution in [2.75, 3.05) is 6.54 Å². The van der Waals surface area contributed by atoms with Crippen LogP contribution in [0.1, 0.15) is 59.4 Å². The van der Waals surface area contributed by atoms with E-state index in [9.17, 15) is 9.59 Å². The third kappa shape index (κ3) is 5.58. The molecule has 0 bridgehead atoms. The number of hydrogen-bond donors (Lipinski definition) is 2. The molecule has 1 aromatic heterocycles. The first-order valence-corrected chi connectivity index (χ1v) is 9.84. The van der Waals surface area contributed by atoms with E-state index >= 15 is 0 Å². The Morgan fingerprint density at radius 1 is 1.31 bits per heavy atom. The summed E-state index contributed by atoms with van der Waals surface area (Å²) in [6, 6.07) is 0.235. The zero-order chi connectivity index (χ0) is 19.3. The summed E-state index contributed by atoms with van der Waals surface area (Å²) in [4.78, 5) is 26.9. The summed E-state index contributed by atoms with van der Waals surface area (Å²) in [6.45, 7) is 11.4. The van der Waals surface area contributed by atoms with Crippen LogP contribution in [0.5, 0.6) is 0 Å². The molecule has 1 aliphatic heterocycles. The lowest BCUT2D eigenvalue weighted by Crippen LogP contribution is -2.40. The Morgan fingerprint density at radius 3 is 2.58 bits per heavy atom. The zero-order valence-electron chi connectivity index (χ0n) is 16.8. The number of rotatable bonds is 8. The molecule has 2 heterocycles. The first kappa shape index (κ1) is 20.5. The van der Waals surface area contributed by atoms with E-state index in [0.717, 1.165) is 12.0 Å². The van der Waals surface area contributed by atoms with Crippen molar-refractivity contribution in [2.45, 2.75) is 72.4 Å². The number of carbonyl (C=O) groups excluding carboxylic acids is 2. The molecule has 26 heavy (non-hydrogen) atoms. The molecule has 1 saturated heterocycles. The predicted octanol–water partition coefficient (Wildman–Crippen LogP) is 2.77. The zero-order valence-corrected chi connectivity index (χ0v) is 16.8. The van der Waals surface area contributed by atoms with E-state index < -0.39 is 0 Å². The van der Waals surface area contributed by atoms with Crippen molar-refractivity contribution >= 4 is 11.8 Å². The van der Waals surface area contributed by atoms with Crippen LogP contribution in [0.15, 0.2) is 12.4 Å². The van der Waals surface area contributed by atoms with Crippen molar-refractivity contribution in [1.29, 1.82) is 0 Å². The van der Waals surface area contributed by atoms with Crippen molar-refractivity contribution < 1.29 is 9.59 Å². The maximum absolute atomic E-state index is 12.5. The Kier molecular flexibility index (Phi) is 7.23. The Balaban J connectivity index is 1.81. The maximum atomic E-state index is 12.5. The number of likely N-dealkylation sites (tertiary alicyclic amines) is 1. The molecule has 1 aromatic rings. The van der Waals surface area contributed by atoms with Gasteiger partial charge in [0.2, 0.25) is 11.8 Å². The maximum Gasteiger partial charge on any atom is 0.223 e. The average molecular weight is 363 g/mol. The Morgan fingerprint density at radius 2 is 2.00 bits per heavy atom. The van der Waals surface area contributed by atoms with Gasteiger partial charge in [-0.05, 0) is 43.1 Å². The van der Waals surface area contributed by atoms with Crippen molar-refractivity contribution in [3.63, 3.8) is 0 Å². The van der Waals surface area contributed by atoms with Crippen molar-refractivity contribution in [2.24, 2.45) is 17.8 Å². The number of hydrogen-bond acceptors (Lipinski definition) is 3. The molecule has 2 atom stereocenters. The van der Waals surface area contributed by atoms with Gasteiger partial charge in [-0.1, -0.05) is 27.7 Å². The predicted molar refractivity (Wildman–Crippen MR) is 102 cm³/mol. The molecule has 2 rings (SSSR count). The summed E-state index contributed by atoms with van der Waals surface area (Å²) in [7, 11) is 0. The molecule has 0 aliphatic carbocycles. The quantitative estimate of drug-likeness (QED) is 0.746. The molecular formula is C20H34N4O2. The first-order chi connectivity index (χ1) is 12.3. The fourth-order valence-corrected chi connectivity index (χ4v) is 4.03. The van der Waals surface area contributed by atoms with Crippen LogP contribution in [-0.4, -0.2) is 45.5 Å². The standard InChI is InChI=1S/C20H34N4O2/c1-13(2)18(14(3)4)9-19(25)23-17-8-15(5)24(12-17)20(26)7-6-16-10-21-22-11-16/h10-11,13-15,17-18H,6-9,12H2,1-5H3,(H,21,22)(H,23,25). The minimum atomic E-state index is 0.0651. The molecule has 0 radical (unpaired) electrons. The monoisotopic (exact) mass is 362 g/mol. The van der Waals surface area contributed by atoms with Crippen LogP contribution in [0.25, 0.3) is 0 Å². The lowest BCUT2D eigenvalue weighted by atomic mass is 9.83. The first-order valence-electron chi connectivity index (χ1n) is 9.84. The lowest BCUT2D eigenvalue weighted by molar-refractivity contribution is -0.132. The number of carbonyl (C=O) groups is 2. The van der Waals surface area contributed by atoms with Gasteiger partial charge in [0.25, 0.3) is 0 Å². The minimum Gasteiger partial charge on any atom is -0.352 e. The van der Waals surface area contributed by atoms with Gasteiger partial charge in [0.15, 0.2) is 0 Å². The molecule has 6 nitrogen and oxygen atoms in total. The largest absolute Gasteiger partial charge is 0.352 e. The van der Waals surface area contributed by atoms with Crippen LogP contribution in [0.2, 0.25) is 0 Å². The second kappa shape index (κ2) is 9.19. The molecule has 146 valence electrons. The van der Waals surface area contributed by atoms with Crippen LogP contribution < -0.4 is 5.32 Å². The number of aryl methyl sites for hydroxylation is 1. The molecule has 0 spiro atoms. The second-order valence-electron chi connectivity index (χ2n) is 8.36. The summed E-state index contributed by atoms with van der Waals surface area (Å²) in [6.07, 6.45) is 6.15. The van der Waals surface area contributed by atoms with Gasteiger partial charge in [-0.15, -0.1) is 0 Å². The van der Waals surface area contributed by atoms with Crippen LogP contribution in [0, 0.1) is 17.8 Å².